The number of carbonyl (C=O) groups excluding carboxylic acids is 2. The molecule has 0 bridgehead atoms. The van der Waals surface area contributed by atoms with Crippen molar-refractivity contribution in [2.24, 2.45) is 11.8 Å². The van der Waals surface area contributed by atoms with E-state index in [0.717, 1.165) is 47.8 Å². The van der Waals surface area contributed by atoms with Crippen molar-refractivity contribution in [2.75, 3.05) is 13.1 Å². The van der Waals surface area contributed by atoms with Gasteiger partial charge in [0.1, 0.15) is 5.75 Å². The zero-order valence-electron chi connectivity index (χ0n) is 15.1. The van der Waals surface area contributed by atoms with E-state index < -0.39 is 0 Å². The maximum atomic E-state index is 12.5. The van der Waals surface area contributed by atoms with Crippen LogP contribution in [0.1, 0.15) is 25.7 Å². The predicted octanol–water partition coefficient (Wildman–Crippen LogP) is 4.67. The van der Waals surface area contributed by atoms with Crippen molar-refractivity contribution in [1.82, 2.24) is 4.90 Å². The molecule has 1 saturated carbocycles. The summed E-state index contributed by atoms with van der Waals surface area (Å²) >= 11 is 3.44. The lowest BCUT2D eigenvalue weighted by atomic mass is 9.98. The van der Waals surface area contributed by atoms with E-state index in [1.54, 1.807) is 0 Å². The minimum Gasteiger partial charge on any atom is -0.426 e. The Morgan fingerprint density at radius 2 is 1.52 bits per heavy atom. The minimum atomic E-state index is -0.236. The lowest BCUT2D eigenvalue weighted by Gasteiger charge is -2.31. The number of likely N-dealkylation sites (tertiary alicyclic amines) is 1. The van der Waals surface area contributed by atoms with Gasteiger partial charge in [0.25, 0.3) is 0 Å². The second kappa shape index (κ2) is 7.85. The molecule has 2 aliphatic rings. The van der Waals surface area contributed by atoms with E-state index in [2.05, 4.69) is 15.9 Å². The molecule has 27 heavy (non-hydrogen) atoms. The van der Waals surface area contributed by atoms with Crippen molar-refractivity contribution in [3.63, 3.8) is 0 Å². The number of amides is 1. The topological polar surface area (TPSA) is 46.6 Å². The highest BCUT2D eigenvalue weighted by Crippen LogP contribution is 2.33. The molecule has 5 heteroatoms. The van der Waals surface area contributed by atoms with Crippen LogP contribution in [-0.4, -0.2) is 29.9 Å². The third-order valence-electron chi connectivity index (χ3n) is 5.24. The lowest BCUT2D eigenvalue weighted by molar-refractivity contribution is -0.143. The Kier molecular flexibility index (Phi) is 5.30. The molecule has 0 radical (unpaired) electrons. The van der Waals surface area contributed by atoms with Crippen LogP contribution in [0.5, 0.6) is 5.75 Å². The standard InChI is InChI=1S/C22H22BrNO3/c23-19-9-5-15(6-10-19)16-7-11-20(12-8-16)27-22(26)18-2-1-13-24(14-18)21(25)17-3-4-17/h5-12,17-18H,1-4,13-14H2. The molecule has 1 amide bonds. The summed E-state index contributed by atoms with van der Waals surface area (Å²) in [4.78, 5) is 26.6. The highest BCUT2D eigenvalue weighted by molar-refractivity contribution is 9.10. The average Bonchev–Trinajstić information content (AvgIpc) is 3.54. The molecule has 2 aromatic rings. The van der Waals surface area contributed by atoms with Gasteiger partial charge >= 0.3 is 5.97 Å². The molecule has 4 nitrogen and oxygen atoms in total. The Hall–Kier alpha value is -2.14. The van der Waals surface area contributed by atoms with Crippen LogP contribution in [0.3, 0.4) is 0 Å². The molecular weight excluding hydrogens is 406 g/mol. The van der Waals surface area contributed by atoms with Crippen LogP contribution in [0.2, 0.25) is 0 Å². The van der Waals surface area contributed by atoms with Crippen molar-refractivity contribution >= 4 is 27.8 Å². The van der Waals surface area contributed by atoms with Gasteiger partial charge in [-0.1, -0.05) is 40.2 Å². The van der Waals surface area contributed by atoms with Crippen molar-refractivity contribution in [3.8, 4) is 16.9 Å². The first-order valence-electron chi connectivity index (χ1n) is 9.46. The number of nitrogens with zero attached hydrogens (tertiary/aromatic N) is 1. The third kappa shape index (κ3) is 4.41. The summed E-state index contributed by atoms with van der Waals surface area (Å²) < 4.78 is 6.62. The lowest BCUT2D eigenvalue weighted by Crippen LogP contribution is -2.44. The van der Waals surface area contributed by atoms with Gasteiger partial charge in [-0.05, 0) is 61.1 Å². The molecule has 1 unspecified atom stereocenters. The van der Waals surface area contributed by atoms with Crippen molar-refractivity contribution in [1.29, 1.82) is 0 Å². The van der Waals surface area contributed by atoms with Gasteiger partial charge in [-0.2, -0.15) is 0 Å². The van der Waals surface area contributed by atoms with Crippen LogP contribution in [0, 0.1) is 11.8 Å². The van der Waals surface area contributed by atoms with Gasteiger partial charge in [-0.3, -0.25) is 9.59 Å². The minimum absolute atomic E-state index is 0.200. The number of hydrogen-bond donors (Lipinski definition) is 0. The Bertz CT molecular complexity index is 828. The number of rotatable bonds is 4. The molecule has 1 saturated heterocycles. The first kappa shape index (κ1) is 18.2. The SMILES string of the molecule is O=C(Oc1ccc(-c2ccc(Br)cc2)cc1)C1CCCN(C(=O)C2CC2)C1. The summed E-state index contributed by atoms with van der Waals surface area (Å²) in [5.41, 5.74) is 2.18. The van der Waals surface area contributed by atoms with Gasteiger partial charge in [0.15, 0.2) is 0 Å². The van der Waals surface area contributed by atoms with Gasteiger partial charge in [-0.15, -0.1) is 0 Å². The summed E-state index contributed by atoms with van der Waals surface area (Å²) in [5, 5.41) is 0. The number of piperidine rings is 1. The zero-order chi connectivity index (χ0) is 18.8. The number of benzene rings is 2. The molecule has 140 valence electrons. The Morgan fingerprint density at radius 1 is 0.889 bits per heavy atom. The van der Waals surface area contributed by atoms with Crippen LogP contribution in [0.25, 0.3) is 11.1 Å². The summed E-state index contributed by atoms with van der Waals surface area (Å²) in [6.07, 6.45) is 3.63. The van der Waals surface area contributed by atoms with Crippen molar-refractivity contribution in [2.45, 2.75) is 25.7 Å². The molecule has 2 aromatic carbocycles. The van der Waals surface area contributed by atoms with E-state index in [0.29, 0.717) is 12.3 Å². The molecule has 0 aromatic heterocycles. The van der Waals surface area contributed by atoms with Crippen LogP contribution >= 0.6 is 15.9 Å². The third-order valence-corrected chi connectivity index (χ3v) is 5.77. The highest BCUT2D eigenvalue weighted by atomic mass is 79.9. The molecule has 4 rings (SSSR count). The van der Waals surface area contributed by atoms with Gasteiger partial charge in [0, 0.05) is 23.5 Å². The maximum absolute atomic E-state index is 12.5. The molecule has 1 heterocycles. The molecule has 0 spiro atoms. The Balaban J connectivity index is 1.37. The van der Waals surface area contributed by atoms with Gasteiger partial charge in [0.2, 0.25) is 5.91 Å². The van der Waals surface area contributed by atoms with E-state index in [9.17, 15) is 9.59 Å². The Morgan fingerprint density at radius 3 is 2.15 bits per heavy atom. The number of hydrogen-bond acceptors (Lipinski definition) is 3. The number of ether oxygens (including phenoxy) is 1. The van der Waals surface area contributed by atoms with E-state index >= 15 is 0 Å². The summed E-state index contributed by atoms with van der Waals surface area (Å²) in [7, 11) is 0. The van der Waals surface area contributed by atoms with E-state index in [4.69, 9.17) is 4.74 Å². The van der Waals surface area contributed by atoms with Crippen LogP contribution in [-0.2, 0) is 9.59 Å². The van der Waals surface area contributed by atoms with Crippen molar-refractivity contribution < 1.29 is 14.3 Å². The molecule has 1 atom stereocenters. The number of carbonyl (C=O) groups is 2. The van der Waals surface area contributed by atoms with E-state index in [1.165, 1.54) is 0 Å². The van der Waals surface area contributed by atoms with Crippen LogP contribution < -0.4 is 4.74 Å². The van der Waals surface area contributed by atoms with Gasteiger partial charge in [-0.25, -0.2) is 0 Å². The highest BCUT2D eigenvalue weighted by Gasteiger charge is 2.37. The molecule has 2 fully saturated rings. The maximum Gasteiger partial charge on any atom is 0.316 e. The number of esters is 1. The normalized spacial score (nSPS) is 19.6. The molecule has 0 N–H and O–H groups in total. The van der Waals surface area contributed by atoms with Crippen LogP contribution in [0.15, 0.2) is 53.0 Å². The number of halogens is 1. The monoisotopic (exact) mass is 427 g/mol. The second-order valence-corrected chi connectivity index (χ2v) is 8.27. The molecular formula is C22H22BrNO3. The zero-order valence-corrected chi connectivity index (χ0v) is 16.7. The predicted molar refractivity (Wildman–Crippen MR) is 107 cm³/mol. The fourth-order valence-corrected chi connectivity index (χ4v) is 3.78. The summed E-state index contributed by atoms with van der Waals surface area (Å²) in [6.45, 7) is 1.26. The second-order valence-electron chi connectivity index (χ2n) is 7.35. The van der Waals surface area contributed by atoms with Crippen LogP contribution in [0.4, 0.5) is 0 Å². The Labute approximate surface area is 167 Å². The van der Waals surface area contributed by atoms with Gasteiger partial charge < -0.3 is 9.64 Å². The van der Waals surface area contributed by atoms with Gasteiger partial charge in [0.05, 0.1) is 5.92 Å². The van der Waals surface area contributed by atoms with Crippen molar-refractivity contribution in [3.05, 3.63) is 53.0 Å². The summed E-state index contributed by atoms with van der Waals surface area (Å²) in [5.74, 6) is 0.496. The first-order valence-corrected chi connectivity index (χ1v) is 10.3. The average molecular weight is 428 g/mol. The smallest absolute Gasteiger partial charge is 0.316 e. The van der Waals surface area contributed by atoms with E-state index in [1.807, 2.05) is 53.4 Å². The molecule has 1 aliphatic heterocycles. The van der Waals surface area contributed by atoms with E-state index in [-0.39, 0.29) is 23.7 Å². The molecule has 1 aliphatic carbocycles. The summed E-state index contributed by atoms with van der Waals surface area (Å²) in [6, 6.07) is 15.6. The first-order chi connectivity index (χ1) is 13.1. The fourth-order valence-electron chi connectivity index (χ4n) is 3.52. The quantitative estimate of drug-likeness (QED) is 0.525. The fraction of sp³-hybridized carbons (Fsp3) is 0.364. The largest absolute Gasteiger partial charge is 0.426 e.